The van der Waals surface area contributed by atoms with Crippen molar-refractivity contribution in [3.8, 4) is 0 Å². The predicted octanol–water partition coefficient (Wildman–Crippen LogP) is 1.60. The van der Waals surface area contributed by atoms with Crippen LogP contribution in [0.15, 0.2) is 24.5 Å². The smallest absolute Gasteiger partial charge is 0.222 e. The van der Waals surface area contributed by atoms with E-state index in [9.17, 15) is 9.59 Å². The minimum atomic E-state index is 0.178. The summed E-state index contributed by atoms with van der Waals surface area (Å²) < 4.78 is 0. The lowest BCUT2D eigenvalue weighted by atomic mass is 10.1. The lowest BCUT2D eigenvalue weighted by molar-refractivity contribution is -0.132. The van der Waals surface area contributed by atoms with Gasteiger partial charge >= 0.3 is 0 Å². The maximum atomic E-state index is 12.0. The van der Waals surface area contributed by atoms with Gasteiger partial charge in [0.1, 0.15) is 0 Å². The Labute approximate surface area is 126 Å². The molecule has 0 radical (unpaired) electrons. The Morgan fingerprint density at radius 1 is 1.14 bits per heavy atom. The summed E-state index contributed by atoms with van der Waals surface area (Å²) in [5, 5.41) is 0. The van der Waals surface area contributed by atoms with Gasteiger partial charge in [-0.2, -0.15) is 0 Å². The van der Waals surface area contributed by atoms with Gasteiger partial charge in [-0.15, -0.1) is 0 Å². The van der Waals surface area contributed by atoms with Gasteiger partial charge in [0.25, 0.3) is 0 Å². The van der Waals surface area contributed by atoms with Gasteiger partial charge in [-0.25, -0.2) is 0 Å². The van der Waals surface area contributed by atoms with E-state index in [1.54, 1.807) is 24.5 Å². The van der Waals surface area contributed by atoms with Crippen LogP contribution in [0.2, 0.25) is 0 Å². The van der Waals surface area contributed by atoms with Crippen molar-refractivity contribution in [3.05, 3.63) is 30.1 Å². The van der Waals surface area contributed by atoms with E-state index in [2.05, 4.69) is 9.88 Å². The van der Waals surface area contributed by atoms with E-state index in [0.717, 1.165) is 44.7 Å². The van der Waals surface area contributed by atoms with E-state index in [1.807, 2.05) is 11.8 Å². The van der Waals surface area contributed by atoms with Gasteiger partial charge < -0.3 is 4.90 Å². The molecule has 21 heavy (non-hydrogen) atoms. The number of pyridine rings is 1. The summed E-state index contributed by atoms with van der Waals surface area (Å²) in [6.45, 7) is 6.27. The molecule has 5 heteroatoms. The maximum absolute atomic E-state index is 12.0. The van der Waals surface area contributed by atoms with Crippen LogP contribution in [0.3, 0.4) is 0 Å². The van der Waals surface area contributed by atoms with Gasteiger partial charge in [-0.1, -0.05) is 6.92 Å². The molecular weight excluding hydrogens is 266 g/mol. The first-order valence-electron chi connectivity index (χ1n) is 7.64. The zero-order valence-electron chi connectivity index (χ0n) is 12.6. The van der Waals surface area contributed by atoms with E-state index in [-0.39, 0.29) is 11.7 Å². The Hall–Kier alpha value is -1.75. The number of hydrogen-bond acceptors (Lipinski definition) is 4. The van der Waals surface area contributed by atoms with Gasteiger partial charge in [0.05, 0.1) is 0 Å². The third-order valence-corrected chi connectivity index (χ3v) is 3.91. The van der Waals surface area contributed by atoms with E-state index in [4.69, 9.17) is 0 Å². The molecule has 0 unspecified atom stereocenters. The van der Waals surface area contributed by atoms with Crippen LogP contribution in [0, 0.1) is 0 Å². The molecular formula is C16H23N3O2. The van der Waals surface area contributed by atoms with Gasteiger partial charge in [-0.3, -0.25) is 19.5 Å². The first kappa shape index (κ1) is 15.6. The van der Waals surface area contributed by atoms with Crippen molar-refractivity contribution in [2.24, 2.45) is 0 Å². The molecule has 1 aromatic rings. The summed E-state index contributed by atoms with van der Waals surface area (Å²) in [6, 6.07) is 3.52. The number of aromatic nitrogens is 1. The van der Waals surface area contributed by atoms with Crippen LogP contribution in [-0.2, 0) is 4.79 Å². The summed E-state index contributed by atoms with van der Waals surface area (Å²) >= 11 is 0. The number of carbonyl (C=O) groups excluding carboxylic acids is 2. The molecule has 0 aromatic carbocycles. The van der Waals surface area contributed by atoms with Crippen molar-refractivity contribution in [2.75, 3.05) is 32.7 Å². The molecule has 1 aliphatic rings. The molecule has 5 nitrogen and oxygen atoms in total. The first-order valence-corrected chi connectivity index (χ1v) is 7.64. The van der Waals surface area contributed by atoms with Gasteiger partial charge in [0.15, 0.2) is 5.78 Å². The minimum absolute atomic E-state index is 0.178. The fraction of sp³-hybridized carbons (Fsp3) is 0.562. The van der Waals surface area contributed by atoms with Crippen LogP contribution in [0.5, 0.6) is 0 Å². The molecule has 114 valence electrons. The number of nitrogens with zero attached hydrogens (tertiary/aromatic N) is 3. The van der Waals surface area contributed by atoms with Crippen LogP contribution in [0.25, 0.3) is 0 Å². The summed E-state index contributed by atoms with van der Waals surface area (Å²) in [7, 11) is 0. The highest BCUT2D eigenvalue weighted by molar-refractivity contribution is 5.95. The van der Waals surface area contributed by atoms with E-state index in [0.29, 0.717) is 12.8 Å². The molecule has 0 N–H and O–H groups in total. The molecule has 0 spiro atoms. The fourth-order valence-corrected chi connectivity index (χ4v) is 2.59. The molecule has 0 saturated carbocycles. The standard InChI is InChI=1S/C16H23N3O2/c1-2-16(21)19-12-10-18(11-13-19)9-3-4-15(20)14-5-7-17-8-6-14/h5-8H,2-4,9-13H2,1H3. The zero-order chi connectivity index (χ0) is 15.1. The second kappa shape index (κ2) is 7.88. The number of ketones is 1. The SMILES string of the molecule is CCC(=O)N1CCN(CCCC(=O)c2ccncc2)CC1. The average Bonchev–Trinajstić information content (AvgIpc) is 2.55. The molecule has 0 aliphatic carbocycles. The summed E-state index contributed by atoms with van der Waals surface area (Å²) in [5.41, 5.74) is 0.739. The van der Waals surface area contributed by atoms with Crippen LogP contribution < -0.4 is 0 Å². The van der Waals surface area contributed by atoms with Gasteiger partial charge in [0, 0.05) is 57.0 Å². The molecule has 1 saturated heterocycles. The lowest BCUT2D eigenvalue weighted by Crippen LogP contribution is -2.48. The number of amides is 1. The maximum Gasteiger partial charge on any atom is 0.222 e. The normalized spacial score (nSPS) is 16.0. The van der Waals surface area contributed by atoms with Crippen molar-refractivity contribution in [1.29, 1.82) is 0 Å². The first-order chi connectivity index (χ1) is 10.2. The molecule has 1 aromatic heterocycles. The van der Waals surface area contributed by atoms with Crippen molar-refractivity contribution < 1.29 is 9.59 Å². The largest absolute Gasteiger partial charge is 0.340 e. The Balaban J connectivity index is 1.66. The molecule has 2 heterocycles. The molecule has 1 fully saturated rings. The highest BCUT2D eigenvalue weighted by atomic mass is 16.2. The van der Waals surface area contributed by atoms with Gasteiger partial charge in [-0.05, 0) is 25.1 Å². The van der Waals surface area contributed by atoms with Crippen LogP contribution in [0.4, 0.5) is 0 Å². The Kier molecular flexibility index (Phi) is 5.87. The van der Waals surface area contributed by atoms with Crippen molar-refractivity contribution in [1.82, 2.24) is 14.8 Å². The Morgan fingerprint density at radius 3 is 2.43 bits per heavy atom. The van der Waals surface area contributed by atoms with E-state index < -0.39 is 0 Å². The third-order valence-electron chi connectivity index (χ3n) is 3.91. The molecule has 0 bridgehead atoms. The van der Waals surface area contributed by atoms with Crippen molar-refractivity contribution in [2.45, 2.75) is 26.2 Å². The average molecular weight is 289 g/mol. The predicted molar refractivity (Wildman–Crippen MR) is 81.1 cm³/mol. The fourth-order valence-electron chi connectivity index (χ4n) is 2.59. The number of hydrogen-bond donors (Lipinski definition) is 0. The Bertz CT molecular complexity index is 468. The van der Waals surface area contributed by atoms with Crippen LogP contribution in [-0.4, -0.2) is 59.2 Å². The van der Waals surface area contributed by atoms with Crippen LogP contribution >= 0.6 is 0 Å². The van der Waals surface area contributed by atoms with Gasteiger partial charge in [0.2, 0.25) is 5.91 Å². The topological polar surface area (TPSA) is 53.5 Å². The lowest BCUT2D eigenvalue weighted by Gasteiger charge is -2.34. The summed E-state index contributed by atoms with van der Waals surface area (Å²) in [6.07, 6.45) is 5.32. The summed E-state index contributed by atoms with van der Waals surface area (Å²) in [5.74, 6) is 0.416. The zero-order valence-corrected chi connectivity index (χ0v) is 12.6. The highest BCUT2D eigenvalue weighted by Crippen LogP contribution is 2.08. The molecule has 2 rings (SSSR count). The molecule has 1 amide bonds. The van der Waals surface area contributed by atoms with Crippen molar-refractivity contribution >= 4 is 11.7 Å². The number of Topliss-reactive ketones (excluding diaryl/α,β-unsaturated/α-hetero) is 1. The number of rotatable bonds is 6. The monoisotopic (exact) mass is 289 g/mol. The van der Waals surface area contributed by atoms with Crippen molar-refractivity contribution in [3.63, 3.8) is 0 Å². The molecule has 1 aliphatic heterocycles. The number of piperazine rings is 1. The second-order valence-corrected chi connectivity index (χ2v) is 5.34. The minimum Gasteiger partial charge on any atom is -0.340 e. The molecule has 0 atom stereocenters. The van der Waals surface area contributed by atoms with E-state index in [1.165, 1.54) is 0 Å². The Morgan fingerprint density at radius 2 is 1.81 bits per heavy atom. The van der Waals surface area contributed by atoms with Crippen LogP contribution in [0.1, 0.15) is 36.5 Å². The highest BCUT2D eigenvalue weighted by Gasteiger charge is 2.19. The second-order valence-electron chi connectivity index (χ2n) is 5.34. The quantitative estimate of drug-likeness (QED) is 0.746. The number of carbonyl (C=O) groups is 2. The summed E-state index contributed by atoms with van der Waals surface area (Å²) in [4.78, 5) is 31.7. The third kappa shape index (κ3) is 4.63. The van der Waals surface area contributed by atoms with E-state index >= 15 is 0 Å².